The Balaban J connectivity index is 1.95. The predicted octanol–water partition coefficient (Wildman–Crippen LogP) is 4.54. The Bertz CT molecular complexity index is 111. The zero-order valence-electron chi connectivity index (χ0n) is 8.93. The fourth-order valence-electron chi connectivity index (χ4n) is 3.29. The minimum atomic E-state index is 1.11. The third-order valence-electron chi connectivity index (χ3n) is 4.17. The fraction of sp³-hybridized carbons (Fsp3) is 1.00. The number of hydrogen-bond donors (Lipinski definition) is 0. The molecular formula is C13H24. The molecule has 0 radical (unpaired) electrons. The maximum absolute atomic E-state index is 1.55. The number of fused-ring (bicyclic) bond motifs is 4. The first-order valence-corrected chi connectivity index (χ1v) is 6.45. The van der Waals surface area contributed by atoms with Gasteiger partial charge in [0.15, 0.2) is 0 Å². The lowest BCUT2D eigenvalue weighted by molar-refractivity contribution is 0.370. The van der Waals surface area contributed by atoms with Crippen molar-refractivity contribution in [2.45, 2.75) is 70.6 Å². The number of rotatable bonds is 0. The molecule has 0 heteroatoms. The summed E-state index contributed by atoms with van der Waals surface area (Å²) >= 11 is 0. The molecule has 2 aliphatic carbocycles. The van der Waals surface area contributed by atoms with E-state index in [4.69, 9.17) is 0 Å². The number of hydrogen-bond acceptors (Lipinski definition) is 0. The van der Waals surface area contributed by atoms with Crippen molar-refractivity contribution >= 4 is 0 Å². The molecule has 0 saturated heterocycles. The maximum Gasteiger partial charge on any atom is -0.0414 e. The largest absolute Gasteiger partial charge is 0.0530 e. The molecule has 0 amide bonds. The van der Waals surface area contributed by atoms with Crippen molar-refractivity contribution in [3.63, 3.8) is 0 Å². The first kappa shape index (κ1) is 9.55. The third-order valence-corrected chi connectivity index (χ3v) is 4.17. The molecule has 76 valence electrons. The molecule has 0 aromatic carbocycles. The molecule has 2 rings (SSSR count). The lowest BCUT2D eigenvalue weighted by Gasteiger charge is -2.16. The van der Waals surface area contributed by atoms with Crippen molar-refractivity contribution in [3.8, 4) is 0 Å². The maximum atomic E-state index is 1.55. The van der Waals surface area contributed by atoms with Crippen LogP contribution in [-0.4, -0.2) is 0 Å². The minimum Gasteiger partial charge on any atom is -0.0530 e. The van der Waals surface area contributed by atoms with Gasteiger partial charge in [-0.15, -0.1) is 0 Å². The van der Waals surface area contributed by atoms with E-state index in [1.54, 1.807) is 38.5 Å². The molecule has 0 aromatic heterocycles. The van der Waals surface area contributed by atoms with Crippen molar-refractivity contribution in [2.75, 3.05) is 0 Å². The van der Waals surface area contributed by atoms with Gasteiger partial charge in [-0.25, -0.2) is 0 Å². The van der Waals surface area contributed by atoms with Crippen LogP contribution in [0.2, 0.25) is 0 Å². The van der Waals surface area contributed by atoms with Crippen LogP contribution in [0.15, 0.2) is 0 Å². The summed E-state index contributed by atoms with van der Waals surface area (Å²) in [6.45, 7) is 0. The normalized spacial score (nSPS) is 36.9. The summed E-state index contributed by atoms with van der Waals surface area (Å²) in [6, 6.07) is 0. The minimum absolute atomic E-state index is 1.11. The van der Waals surface area contributed by atoms with Crippen molar-refractivity contribution in [2.24, 2.45) is 11.8 Å². The molecule has 0 unspecified atom stereocenters. The van der Waals surface area contributed by atoms with Crippen LogP contribution < -0.4 is 0 Å². The Labute approximate surface area is 83.1 Å². The highest BCUT2D eigenvalue weighted by atomic mass is 14.2. The van der Waals surface area contributed by atoms with Crippen LogP contribution in [0.1, 0.15) is 70.6 Å². The summed E-state index contributed by atoms with van der Waals surface area (Å²) < 4.78 is 0. The molecule has 0 aromatic rings. The average Bonchev–Trinajstić information content (AvgIpc) is 2.33. The second-order valence-corrected chi connectivity index (χ2v) is 5.23. The first-order valence-electron chi connectivity index (χ1n) is 6.45. The molecule has 2 bridgehead atoms. The monoisotopic (exact) mass is 180 g/mol. The summed E-state index contributed by atoms with van der Waals surface area (Å²) in [5, 5.41) is 0. The molecule has 0 spiro atoms. The lowest BCUT2D eigenvalue weighted by atomic mass is 9.90. The van der Waals surface area contributed by atoms with Crippen LogP contribution in [0, 0.1) is 11.8 Å². The van der Waals surface area contributed by atoms with Gasteiger partial charge in [-0.05, 0) is 11.8 Å². The van der Waals surface area contributed by atoms with E-state index in [0.717, 1.165) is 11.8 Å². The average molecular weight is 180 g/mol. The molecule has 0 N–H and O–H groups in total. The van der Waals surface area contributed by atoms with Crippen LogP contribution in [-0.2, 0) is 0 Å². The van der Waals surface area contributed by atoms with E-state index in [2.05, 4.69) is 0 Å². The molecule has 2 saturated carbocycles. The Kier molecular flexibility index (Phi) is 3.69. The van der Waals surface area contributed by atoms with E-state index in [0.29, 0.717) is 0 Å². The van der Waals surface area contributed by atoms with Gasteiger partial charge in [0.2, 0.25) is 0 Å². The van der Waals surface area contributed by atoms with Crippen LogP contribution in [0.4, 0.5) is 0 Å². The van der Waals surface area contributed by atoms with Crippen LogP contribution in [0.3, 0.4) is 0 Å². The second-order valence-electron chi connectivity index (χ2n) is 5.23. The first-order chi connectivity index (χ1) is 6.45. The van der Waals surface area contributed by atoms with Crippen molar-refractivity contribution < 1.29 is 0 Å². The van der Waals surface area contributed by atoms with E-state index >= 15 is 0 Å². The van der Waals surface area contributed by atoms with Gasteiger partial charge in [-0.1, -0.05) is 70.6 Å². The fourth-order valence-corrected chi connectivity index (χ4v) is 3.29. The smallest absolute Gasteiger partial charge is 0.0414 e. The topological polar surface area (TPSA) is 0 Å². The van der Waals surface area contributed by atoms with Gasteiger partial charge >= 0.3 is 0 Å². The van der Waals surface area contributed by atoms with Gasteiger partial charge in [0, 0.05) is 0 Å². The van der Waals surface area contributed by atoms with E-state index in [-0.39, 0.29) is 0 Å². The van der Waals surface area contributed by atoms with Crippen LogP contribution >= 0.6 is 0 Å². The predicted molar refractivity (Wildman–Crippen MR) is 57.8 cm³/mol. The molecule has 13 heavy (non-hydrogen) atoms. The Hall–Kier alpha value is 0. The SMILES string of the molecule is C1CCC2CCCCC(C1)CCC2. The Morgan fingerprint density at radius 3 is 1.08 bits per heavy atom. The highest BCUT2D eigenvalue weighted by molar-refractivity contribution is 4.70. The summed E-state index contributed by atoms with van der Waals surface area (Å²) in [4.78, 5) is 0. The zero-order chi connectivity index (χ0) is 8.93. The third kappa shape index (κ3) is 3.00. The zero-order valence-corrected chi connectivity index (χ0v) is 8.93. The van der Waals surface area contributed by atoms with Crippen molar-refractivity contribution in [1.29, 1.82) is 0 Å². The van der Waals surface area contributed by atoms with E-state index in [1.807, 2.05) is 0 Å². The standard InChI is InChI=1S/C13H24/c1-2-7-13-9-4-3-8-12(6-1)10-5-11-13/h12-13H,1-11H2. The summed E-state index contributed by atoms with van der Waals surface area (Å²) in [7, 11) is 0. The van der Waals surface area contributed by atoms with Gasteiger partial charge in [-0.2, -0.15) is 0 Å². The van der Waals surface area contributed by atoms with Gasteiger partial charge in [0.25, 0.3) is 0 Å². The second kappa shape index (κ2) is 5.02. The molecule has 0 aliphatic heterocycles. The molecule has 0 atom stereocenters. The Morgan fingerprint density at radius 2 is 0.692 bits per heavy atom. The summed E-state index contributed by atoms with van der Waals surface area (Å²) in [5.41, 5.74) is 0. The molecule has 0 nitrogen and oxygen atoms in total. The van der Waals surface area contributed by atoms with Crippen molar-refractivity contribution in [3.05, 3.63) is 0 Å². The van der Waals surface area contributed by atoms with E-state index < -0.39 is 0 Å². The van der Waals surface area contributed by atoms with Gasteiger partial charge in [-0.3, -0.25) is 0 Å². The van der Waals surface area contributed by atoms with Gasteiger partial charge in [0.1, 0.15) is 0 Å². The molecular weight excluding hydrogens is 156 g/mol. The van der Waals surface area contributed by atoms with E-state index in [9.17, 15) is 0 Å². The molecule has 0 heterocycles. The molecule has 2 fully saturated rings. The summed E-state index contributed by atoms with van der Waals surface area (Å²) in [5.74, 6) is 2.22. The van der Waals surface area contributed by atoms with E-state index in [1.165, 1.54) is 32.1 Å². The highest BCUT2D eigenvalue weighted by Gasteiger charge is 2.17. The highest BCUT2D eigenvalue weighted by Crippen LogP contribution is 2.33. The summed E-state index contributed by atoms with van der Waals surface area (Å²) in [6.07, 6.45) is 17.0. The quantitative estimate of drug-likeness (QED) is 0.513. The Morgan fingerprint density at radius 1 is 0.385 bits per heavy atom. The van der Waals surface area contributed by atoms with Gasteiger partial charge < -0.3 is 0 Å². The van der Waals surface area contributed by atoms with Gasteiger partial charge in [0.05, 0.1) is 0 Å². The molecule has 2 aliphatic rings. The van der Waals surface area contributed by atoms with Crippen molar-refractivity contribution in [1.82, 2.24) is 0 Å². The van der Waals surface area contributed by atoms with Crippen LogP contribution in [0.25, 0.3) is 0 Å². The lowest BCUT2D eigenvalue weighted by Crippen LogP contribution is -2.01. The van der Waals surface area contributed by atoms with Crippen LogP contribution in [0.5, 0.6) is 0 Å².